The SMILES string of the molecule is CCNCc1cc(Br)ccc1Sc1nnc(C)n1C. The van der Waals surface area contributed by atoms with Crippen molar-refractivity contribution >= 4 is 27.7 Å². The summed E-state index contributed by atoms with van der Waals surface area (Å²) in [6.07, 6.45) is 0. The van der Waals surface area contributed by atoms with Gasteiger partial charge in [0.25, 0.3) is 0 Å². The van der Waals surface area contributed by atoms with Gasteiger partial charge in [0.15, 0.2) is 5.16 Å². The lowest BCUT2D eigenvalue weighted by atomic mass is 10.2. The topological polar surface area (TPSA) is 42.7 Å². The Balaban J connectivity index is 2.26. The van der Waals surface area contributed by atoms with Gasteiger partial charge in [-0.1, -0.05) is 22.9 Å². The first kappa shape index (κ1) is 14.6. The minimum absolute atomic E-state index is 0.856. The van der Waals surface area contributed by atoms with Crippen LogP contribution in [0.3, 0.4) is 0 Å². The number of hydrogen-bond donors (Lipinski definition) is 1. The van der Waals surface area contributed by atoms with Crippen LogP contribution in [-0.2, 0) is 13.6 Å². The molecule has 0 fully saturated rings. The quantitative estimate of drug-likeness (QED) is 0.907. The second-order valence-electron chi connectivity index (χ2n) is 4.22. The van der Waals surface area contributed by atoms with E-state index in [2.05, 4.69) is 56.6 Å². The van der Waals surface area contributed by atoms with Crippen molar-refractivity contribution in [3.63, 3.8) is 0 Å². The van der Waals surface area contributed by atoms with Crippen molar-refractivity contribution in [2.75, 3.05) is 6.54 Å². The highest BCUT2D eigenvalue weighted by atomic mass is 79.9. The molecular weight excluding hydrogens is 324 g/mol. The van der Waals surface area contributed by atoms with E-state index in [-0.39, 0.29) is 0 Å². The van der Waals surface area contributed by atoms with Gasteiger partial charge in [-0.3, -0.25) is 0 Å². The van der Waals surface area contributed by atoms with Crippen molar-refractivity contribution in [1.82, 2.24) is 20.1 Å². The molecular formula is C13H17BrN4S. The van der Waals surface area contributed by atoms with Gasteiger partial charge in [-0.15, -0.1) is 10.2 Å². The van der Waals surface area contributed by atoms with Crippen LogP contribution in [0.1, 0.15) is 18.3 Å². The molecule has 1 aromatic carbocycles. The van der Waals surface area contributed by atoms with Gasteiger partial charge in [-0.2, -0.15) is 0 Å². The van der Waals surface area contributed by atoms with Crippen LogP contribution >= 0.6 is 27.7 Å². The molecule has 0 atom stereocenters. The van der Waals surface area contributed by atoms with Gasteiger partial charge < -0.3 is 9.88 Å². The summed E-state index contributed by atoms with van der Waals surface area (Å²) >= 11 is 5.17. The third kappa shape index (κ3) is 3.58. The zero-order valence-corrected chi connectivity index (χ0v) is 13.7. The normalized spacial score (nSPS) is 10.9. The van der Waals surface area contributed by atoms with E-state index in [9.17, 15) is 0 Å². The van der Waals surface area contributed by atoms with Gasteiger partial charge >= 0.3 is 0 Å². The molecule has 0 spiro atoms. The first-order valence-electron chi connectivity index (χ1n) is 6.14. The minimum Gasteiger partial charge on any atom is -0.313 e. The average Bonchev–Trinajstić information content (AvgIpc) is 2.71. The number of rotatable bonds is 5. The van der Waals surface area contributed by atoms with Crippen LogP contribution in [0.25, 0.3) is 0 Å². The number of aromatic nitrogens is 3. The molecule has 1 aromatic heterocycles. The van der Waals surface area contributed by atoms with Crippen LogP contribution < -0.4 is 5.32 Å². The van der Waals surface area contributed by atoms with Crippen LogP contribution in [-0.4, -0.2) is 21.3 Å². The fourth-order valence-corrected chi connectivity index (χ4v) is 2.97. The Morgan fingerprint density at radius 1 is 1.37 bits per heavy atom. The van der Waals surface area contributed by atoms with Crippen molar-refractivity contribution < 1.29 is 0 Å². The van der Waals surface area contributed by atoms with Crippen molar-refractivity contribution in [1.29, 1.82) is 0 Å². The smallest absolute Gasteiger partial charge is 0.195 e. The van der Waals surface area contributed by atoms with E-state index >= 15 is 0 Å². The Hall–Kier alpha value is -0.850. The van der Waals surface area contributed by atoms with Crippen LogP contribution in [0, 0.1) is 6.92 Å². The van der Waals surface area contributed by atoms with E-state index in [1.54, 1.807) is 11.8 Å². The van der Waals surface area contributed by atoms with Crippen molar-refractivity contribution in [3.8, 4) is 0 Å². The maximum absolute atomic E-state index is 4.20. The van der Waals surface area contributed by atoms with Gasteiger partial charge in [0.05, 0.1) is 0 Å². The van der Waals surface area contributed by atoms with E-state index < -0.39 is 0 Å². The summed E-state index contributed by atoms with van der Waals surface area (Å²) in [6, 6.07) is 6.32. The number of aryl methyl sites for hydroxylation is 1. The number of benzene rings is 1. The molecule has 0 unspecified atom stereocenters. The highest BCUT2D eigenvalue weighted by molar-refractivity contribution is 9.10. The highest BCUT2D eigenvalue weighted by Crippen LogP contribution is 2.31. The molecule has 0 aliphatic heterocycles. The molecule has 2 aromatic rings. The zero-order valence-electron chi connectivity index (χ0n) is 11.3. The molecule has 6 heteroatoms. The molecule has 19 heavy (non-hydrogen) atoms. The lowest BCUT2D eigenvalue weighted by Gasteiger charge is -2.10. The maximum Gasteiger partial charge on any atom is 0.195 e. The predicted molar refractivity (Wildman–Crippen MR) is 81.4 cm³/mol. The van der Waals surface area contributed by atoms with E-state index in [0.717, 1.165) is 28.5 Å². The minimum atomic E-state index is 0.856. The Morgan fingerprint density at radius 3 is 2.79 bits per heavy atom. The molecule has 0 saturated heterocycles. The maximum atomic E-state index is 4.20. The first-order valence-corrected chi connectivity index (χ1v) is 7.75. The summed E-state index contributed by atoms with van der Waals surface area (Å²) < 4.78 is 3.10. The first-order chi connectivity index (χ1) is 9.11. The van der Waals surface area contributed by atoms with E-state index in [0.29, 0.717) is 0 Å². The monoisotopic (exact) mass is 340 g/mol. The second-order valence-corrected chi connectivity index (χ2v) is 6.15. The number of hydrogen-bond acceptors (Lipinski definition) is 4. The van der Waals surface area contributed by atoms with Crippen molar-refractivity contribution in [2.45, 2.75) is 30.4 Å². The lowest BCUT2D eigenvalue weighted by molar-refractivity contribution is 0.716. The molecule has 0 aliphatic rings. The van der Waals surface area contributed by atoms with Crippen LogP contribution in [0.4, 0.5) is 0 Å². The standard InChI is InChI=1S/C13H17BrN4S/c1-4-15-8-10-7-11(14)5-6-12(10)19-13-17-16-9(2)18(13)3/h5-7,15H,4,8H2,1-3H3. The van der Waals surface area contributed by atoms with Gasteiger partial charge in [-0.25, -0.2) is 0 Å². The molecule has 2 rings (SSSR count). The molecule has 1 N–H and O–H groups in total. The fraction of sp³-hybridized carbons (Fsp3) is 0.385. The molecule has 102 valence electrons. The van der Waals surface area contributed by atoms with Crippen molar-refractivity contribution in [3.05, 3.63) is 34.1 Å². The highest BCUT2D eigenvalue weighted by Gasteiger charge is 2.10. The molecule has 0 amide bonds. The third-order valence-electron chi connectivity index (χ3n) is 2.84. The Morgan fingerprint density at radius 2 is 2.16 bits per heavy atom. The number of nitrogens with zero attached hydrogens (tertiary/aromatic N) is 3. The molecule has 0 saturated carbocycles. The van der Waals surface area contributed by atoms with Crippen LogP contribution in [0.2, 0.25) is 0 Å². The second kappa shape index (κ2) is 6.54. The van der Waals surface area contributed by atoms with Crippen molar-refractivity contribution in [2.24, 2.45) is 7.05 Å². The Labute approximate surface area is 126 Å². The van der Waals surface area contributed by atoms with E-state index in [1.807, 2.05) is 18.5 Å². The van der Waals surface area contributed by atoms with E-state index in [4.69, 9.17) is 0 Å². The molecule has 4 nitrogen and oxygen atoms in total. The summed E-state index contributed by atoms with van der Waals surface area (Å²) in [5.41, 5.74) is 1.27. The molecule has 0 bridgehead atoms. The predicted octanol–water partition coefficient (Wildman–Crippen LogP) is 3.15. The Kier molecular flexibility index (Phi) is 5.01. The fourth-order valence-electron chi connectivity index (χ4n) is 1.62. The molecule has 0 radical (unpaired) electrons. The van der Waals surface area contributed by atoms with Crippen LogP contribution in [0.15, 0.2) is 32.7 Å². The van der Waals surface area contributed by atoms with Gasteiger partial charge in [0.1, 0.15) is 5.82 Å². The summed E-state index contributed by atoms with van der Waals surface area (Å²) in [4.78, 5) is 1.21. The van der Waals surface area contributed by atoms with Crippen LogP contribution in [0.5, 0.6) is 0 Å². The van der Waals surface area contributed by atoms with Gasteiger partial charge in [0, 0.05) is 23.0 Å². The molecule has 0 aliphatic carbocycles. The average molecular weight is 341 g/mol. The summed E-state index contributed by atoms with van der Waals surface area (Å²) in [6.45, 7) is 5.88. The number of nitrogens with one attached hydrogen (secondary N) is 1. The summed E-state index contributed by atoms with van der Waals surface area (Å²) in [5, 5.41) is 12.6. The Bertz CT molecular complexity index is 568. The summed E-state index contributed by atoms with van der Waals surface area (Å²) in [7, 11) is 1.99. The van der Waals surface area contributed by atoms with E-state index in [1.165, 1.54) is 10.5 Å². The molecule has 1 heterocycles. The number of halogens is 1. The van der Waals surface area contributed by atoms with Gasteiger partial charge in [-0.05, 0) is 49.0 Å². The third-order valence-corrected chi connectivity index (χ3v) is 4.49. The van der Waals surface area contributed by atoms with Gasteiger partial charge in [0.2, 0.25) is 0 Å². The lowest BCUT2D eigenvalue weighted by Crippen LogP contribution is -2.12. The summed E-state index contributed by atoms with van der Waals surface area (Å²) in [5.74, 6) is 0.924. The largest absolute Gasteiger partial charge is 0.313 e. The zero-order chi connectivity index (χ0) is 13.8.